The van der Waals surface area contributed by atoms with E-state index in [1.165, 1.54) is 12.1 Å². The minimum atomic E-state index is -3.29. The van der Waals surface area contributed by atoms with Gasteiger partial charge in [-0.25, -0.2) is 8.42 Å². The number of rotatable bonds is 6. The third-order valence-electron chi connectivity index (χ3n) is 3.70. The first-order valence-corrected chi connectivity index (χ1v) is 9.29. The molecule has 0 bridgehead atoms. The van der Waals surface area contributed by atoms with Gasteiger partial charge in [0.05, 0.1) is 4.90 Å². The van der Waals surface area contributed by atoms with Crippen molar-refractivity contribution in [2.24, 2.45) is 5.92 Å². The fourth-order valence-corrected chi connectivity index (χ4v) is 2.93. The van der Waals surface area contributed by atoms with Crippen molar-refractivity contribution >= 4 is 15.7 Å². The minimum absolute atomic E-state index is 0.0522. The number of carbonyl (C=O) groups excluding carboxylic acids is 1. The second-order valence-corrected chi connectivity index (χ2v) is 8.23. The number of amides is 1. The van der Waals surface area contributed by atoms with E-state index in [-0.39, 0.29) is 10.8 Å². The number of benzene rings is 1. The third-order valence-corrected chi connectivity index (χ3v) is 4.82. The molecule has 116 valence electrons. The highest BCUT2D eigenvalue weighted by Gasteiger charge is 2.33. The van der Waals surface area contributed by atoms with Crippen LogP contribution in [0.2, 0.25) is 0 Å². The maximum absolute atomic E-state index is 12.6. The van der Waals surface area contributed by atoms with Crippen LogP contribution in [0, 0.1) is 5.92 Å². The van der Waals surface area contributed by atoms with Gasteiger partial charge in [-0.3, -0.25) is 4.79 Å². The van der Waals surface area contributed by atoms with Crippen LogP contribution in [0.25, 0.3) is 0 Å². The van der Waals surface area contributed by atoms with E-state index in [0.717, 1.165) is 32.1 Å². The second kappa shape index (κ2) is 6.18. The fraction of sp³-hybridized carbons (Fsp3) is 0.562. The Morgan fingerprint density at radius 2 is 2.00 bits per heavy atom. The Morgan fingerprint density at radius 3 is 2.52 bits per heavy atom. The lowest BCUT2D eigenvalue weighted by molar-refractivity contribution is 0.0735. The molecule has 1 saturated carbocycles. The zero-order chi connectivity index (χ0) is 15.6. The monoisotopic (exact) mass is 309 g/mol. The van der Waals surface area contributed by atoms with Crippen LogP contribution in [-0.2, 0) is 9.84 Å². The molecule has 4 nitrogen and oxygen atoms in total. The van der Waals surface area contributed by atoms with E-state index in [1.807, 2.05) is 4.90 Å². The summed E-state index contributed by atoms with van der Waals surface area (Å²) in [6, 6.07) is 6.68. The zero-order valence-corrected chi connectivity index (χ0v) is 13.7. The molecule has 2 rings (SSSR count). The summed E-state index contributed by atoms with van der Waals surface area (Å²) in [5, 5.41) is 0. The van der Waals surface area contributed by atoms with Gasteiger partial charge in [0.25, 0.3) is 5.91 Å². The molecule has 1 aliphatic carbocycles. The Bertz CT molecular complexity index is 618. The van der Waals surface area contributed by atoms with Crippen LogP contribution in [0.5, 0.6) is 0 Å². The molecular formula is C16H23NO3S. The molecule has 1 aromatic rings. The van der Waals surface area contributed by atoms with Gasteiger partial charge in [0.1, 0.15) is 0 Å². The quantitative estimate of drug-likeness (QED) is 0.812. The van der Waals surface area contributed by atoms with Crippen LogP contribution in [-0.4, -0.2) is 38.1 Å². The second-order valence-electron chi connectivity index (χ2n) is 6.21. The summed E-state index contributed by atoms with van der Waals surface area (Å²) in [6.07, 6.45) is 4.23. The zero-order valence-electron chi connectivity index (χ0n) is 12.9. The van der Waals surface area contributed by atoms with Gasteiger partial charge in [-0.1, -0.05) is 19.9 Å². The molecule has 1 aliphatic rings. The van der Waals surface area contributed by atoms with Crippen LogP contribution in [0.1, 0.15) is 43.5 Å². The largest absolute Gasteiger partial charge is 0.336 e. The molecule has 1 fully saturated rings. The Hall–Kier alpha value is -1.36. The summed E-state index contributed by atoms with van der Waals surface area (Å²) in [5.74, 6) is 0.491. The molecule has 0 heterocycles. The van der Waals surface area contributed by atoms with Crippen molar-refractivity contribution < 1.29 is 13.2 Å². The first kappa shape index (κ1) is 16.0. The van der Waals surface area contributed by atoms with Crippen LogP contribution in [0.4, 0.5) is 0 Å². The number of hydrogen-bond acceptors (Lipinski definition) is 3. The van der Waals surface area contributed by atoms with Crippen molar-refractivity contribution in [2.75, 3.05) is 12.8 Å². The Balaban J connectivity index is 2.20. The molecule has 0 spiro atoms. The van der Waals surface area contributed by atoms with Gasteiger partial charge >= 0.3 is 0 Å². The third kappa shape index (κ3) is 4.30. The molecule has 0 aromatic heterocycles. The normalized spacial score (nSPS) is 15.2. The van der Waals surface area contributed by atoms with Crippen molar-refractivity contribution in [3.63, 3.8) is 0 Å². The van der Waals surface area contributed by atoms with E-state index < -0.39 is 9.84 Å². The maximum atomic E-state index is 12.6. The molecule has 0 aliphatic heterocycles. The molecular weight excluding hydrogens is 286 g/mol. The molecule has 0 radical (unpaired) electrons. The van der Waals surface area contributed by atoms with E-state index in [2.05, 4.69) is 13.8 Å². The summed E-state index contributed by atoms with van der Waals surface area (Å²) in [7, 11) is -3.29. The summed E-state index contributed by atoms with van der Waals surface area (Å²) < 4.78 is 23.2. The summed E-state index contributed by atoms with van der Waals surface area (Å²) in [5.41, 5.74) is 0.466. The highest BCUT2D eigenvalue weighted by Crippen LogP contribution is 2.29. The smallest absolute Gasteiger partial charge is 0.254 e. The number of nitrogens with zero attached hydrogens (tertiary/aromatic N) is 1. The predicted octanol–water partition coefficient (Wildman–Crippen LogP) is 2.74. The van der Waals surface area contributed by atoms with Gasteiger partial charge in [-0.2, -0.15) is 0 Å². The summed E-state index contributed by atoms with van der Waals surface area (Å²) in [4.78, 5) is 14.8. The molecule has 0 unspecified atom stereocenters. The number of sulfone groups is 1. The predicted molar refractivity (Wildman–Crippen MR) is 83.1 cm³/mol. The highest BCUT2D eigenvalue weighted by atomic mass is 32.2. The molecule has 5 heteroatoms. The van der Waals surface area contributed by atoms with Crippen molar-refractivity contribution in [1.82, 2.24) is 4.90 Å². The standard InChI is InChI=1S/C16H23NO3S/c1-12(2)9-10-17(14-7-8-14)16(18)13-5-4-6-15(11-13)21(3,19)20/h4-6,11-12,14H,7-10H2,1-3H3. The van der Waals surface area contributed by atoms with Gasteiger partial charge in [-0.15, -0.1) is 0 Å². The molecule has 1 aromatic carbocycles. The van der Waals surface area contributed by atoms with Crippen molar-refractivity contribution in [3.8, 4) is 0 Å². The number of hydrogen-bond donors (Lipinski definition) is 0. The Kier molecular flexibility index (Phi) is 4.71. The van der Waals surface area contributed by atoms with E-state index in [0.29, 0.717) is 17.5 Å². The average Bonchev–Trinajstić information content (AvgIpc) is 3.22. The van der Waals surface area contributed by atoms with Gasteiger partial charge in [-0.05, 0) is 43.4 Å². The maximum Gasteiger partial charge on any atom is 0.254 e. The summed E-state index contributed by atoms with van der Waals surface area (Å²) >= 11 is 0. The van der Waals surface area contributed by atoms with E-state index >= 15 is 0 Å². The molecule has 0 N–H and O–H groups in total. The molecule has 0 saturated heterocycles. The van der Waals surface area contributed by atoms with Crippen molar-refractivity contribution in [1.29, 1.82) is 0 Å². The molecule has 1 amide bonds. The molecule has 0 atom stereocenters. The van der Waals surface area contributed by atoms with Gasteiger partial charge in [0.2, 0.25) is 0 Å². The van der Waals surface area contributed by atoms with Crippen LogP contribution in [0.15, 0.2) is 29.2 Å². The van der Waals surface area contributed by atoms with E-state index in [9.17, 15) is 13.2 Å². The minimum Gasteiger partial charge on any atom is -0.336 e. The van der Waals surface area contributed by atoms with Crippen LogP contribution < -0.4 is 0 Å². The van der Waals surface area contributed by atoms with Crippen molar-refractivity contribution in [2.45, 2.75) is 44.0 Å². The highest BCUT2D eigenvalue weighted by molar-refractivity contribution is 7.90. The van der Waals surface area contributed by atoms with Gasteiger partial charge in [0.15, 0.2) is 9.84 Å². The SMILES string of the molecule is CC(C)CCN(C(=O)c1cccc(S(C)(=O)=O)c1)C1CC1. The van der Waals surface area contributed by atoms with Crippen molar-refractivity contribution in [3.05, 3.63) is 29.8 Å². The lowest BCUT2D eigenvalue weighted by Crippen LogP contribution is -2.34. The Morgan fingerprint density at radius 1 is 1.33 bits per heavy atom. The lowest BCUT2D eigenvalue weighted by atomic mass is 10.1. The van der Waals surface area contributed by atoms with E-state index in [1.54, 1.807) is 12.1 Å². The Labute approximate surface area is 127 Å². The first-order chi connectivity index (χ1) is 9.79. The first-order valence-electron chi connectivity index (χ1n) is 7.40. The summed E-state index contributed by atoms with van der Waals surface area (Å²) in [6.45, 7) is 5.02. The van der Waals surface area contributed by atoms with E-state index in [4.69, 9.17) is 0 Å². The van der Waals surface area contributed by atoms with Gasteiger partial charge in [0, 0.05) is 24.4 Å². The fourth-order valence-electron chi connectivity index (χ4n) is 2.26. The topological polar surface area (TPSA) is 54.5 Å². The molecule has 21 heavy (non-hydrogen) atoms. The van der Waals surface area contributed by atoms with Crippen LogP contribution in [0.3, 0.4) is 0 Å². The lowest BCUT2D eigenvalue weighted by Gasteiger charge is -2.23. The van der Waals surface area contributed by atoms with Gasteiger partial charge < -0.3 is 4.90 Å². The average molecular weight is 309 g/mol. The number of carbonyl (C=O) groups is 1. The van der Waals surface area contributed by atoms with Crippen LogP contribution >= 0.6 is 0 Å².